The number of phenolic OH excluding ortho intramolecular Hbond substituents is 1. The summed E-state index contributed by atoms with van der Waals surface area (Å²) >= 11 is 0. The van der Waals surface area contributed by atoms with Crippen molar-refractivity contribution in [1.82, 2.24) is 0 Å². The van der Waals surface area contributed by atoms with Gasteiger partial charge in [0.15, 0.2) is 22.8 Å². The van der Waals surface area contributed by atoms with Gasteiger partial charge in [-0.25, -0.2) is 0 Å². The monoisotopic (exact) mass is 662 g/mol. The van der Waals surface area contributed by atoms with Crippen molar-refractivity contribution in [3.05, 3.63) is 57.9 Å². The molecule has 1 aromatic rings. The van der Waals surface area contributed by atoms with Crippen LogP contribution in [-0.4, -0.2) is 67.5 Å². The molecule has 3 aliphatic heterocycles. The highest BCUT2D eigenvalue weighted by molar-refractivity contribution is 6.19. The molecule has 0 aromatic heterocycles. The van der Waals surface area contributed by atoms with E-state index in [0.717, 1.165) is 5.57 Å². The fourth-order valence-corrected chi connectivity index (χ4v) is 8.33. The number of ketones is 2. The Balaban J connectivity index is 1.55. The van der Waals surface area contributed by atoms with E-state index in [1.807, 2.05) is 40.7 Å². The molecule has 7 rings (SSSR count). The van der Waals surface area contributed by atoms with Crippen molar-refractivity contribution in [1.29, 1.82) is 0 Å². The van der Waals surface area contributed by atoms with Gasteiger partial charge in [-0.3, -0.25) is 14.4 Å². The molecule has 258 valence electrons. The van der Waals surface area contributed by atoms with E-state index in [0.29, 0.717) is 48.2 Å². The van der Waals surface area contributed by atoms with Crippen LogP contribution in [0.2, 0.25) is 0 Å². The average molecular weight is 663 g/mol. The number of rotatable bonds is 10. The summed E-state index contributed by atoms with van der Waals surface area (Å²) in [5.74, 6) is -1.11. The minimum Gasteiger partial charge on any atom is -0.506 e. The lowest BCUT2D eigenvalue weighted by Gasteiger charge is -2.56. The smallest absolute Gasteiger partial charge is 0.298 e. The first kappa shape index (κ1) is 34.1. The Morgan fingerprint density at radius 2 is 1.83 bits per heavy atom. The van der Waals surface area contributed by atoms with E-state index < -0.39 is 51.7 Å². The second-order valence-corrected chi connectivity index (χ2v) is 15.5. The molecule has 6 aliphatic rings. The van der Waals surface area contributed by atoms with E-state index in [9.17, 15) is 29.7 Å². The van der Waals surface area contributed by atoms with E-state index >= 15 is 0 Å². The largest absolute Gasteiger partial charge is 0.506 e. The second kappa shape index (κ2) is 11.1. The molecule has 1 spiro atoms. The predicted octanol–water partition coefficient (Wildman–Crippen LogP) is 5.45. The van der Waals surface area contributed by atoms with Gasteiger partial charge in [0.2, 0.25) is 0 Å². The third kappa shape index (κ3) is 4.90. The lowest BCUT2D eigenvalue weighted by molar-refractivity contribution is -0.171. The number of hydrogen-bond donors (Lipinski definition) is 3. The number of allylic oxidation sites excluding steroid dienone is 4. The third-order valence-electron chi connectivity index (χ3n) is 10.9. The van der Waals surface area contributed by atoms with Gasteiger partial charge in [-0.1, -0.05) is 17.7 Å². The Bertz CT molecular complexity index is 1720. The van der Waals surface area contributed by atoms with E-state index in [1.54, 1.807) is 45.1 Å². The van der Waals surface area contributed by atoms with Crippen LogP contribution >= 0.6 is 0 Å². The molecule has 2 fully saturated rings. The van der Waals surface area contributed by atoms with Gasteiger partial charge in [-0.15, -0.1) is 0 Å². The molecule has 1 aromatic carbocycles. The van der Waals surface area contributed by atoms with E-state index in [1.165, 1.54) is 0 Å². The van der Waals surface area contributed by atoms with Crippen LogP contribution in [0.25, 0.3) is 6.08 Å². The third-order valence-corrected chi connectivity index (χ3v) is 10.9. The van der Waals surface area contributed by atoms with Crippen molar-refractivity contribution in [2.75, 3.05) is 0 Å². The molecular formula is C38H46O10. The van der Waals surface area contributed by atoms with Gasteiger partial charge >= 0.3 is 0 Å². The van der Waals surface area contributed by atoms with Crippen LogP contribution in [0.1, 0.15) is 103 Å². The van der Waals surface area contributed by atoms with Crippen LogP contribution in [0.5, 0.6) is 17.2 Å². The number of aliphatic hydroxyl groups is 2. The number of hydrogen-bond acceptors (Lipinski definition) is 10. The Kier molecular flexibility index (Phi) is 7.93. The summed E-state index contributed by atoms with van der Waals surface area (Å²) < 4.78 is 25.6. The van der Waals surface area contributed by atoms with Gasteiger partial charge in [0.05, 0.1) is 22.9 Å². The van der Waals surface area contributed by atoms with Gasteiger partial charge in [0.1, 0.15) is 34.2 Å². The van der Waals surface area contributed by atoms with Crippen LogP contribution < -0.4 is 9.47 Å². The van der Waals surface area contributed by atoms with Gasteiger partial charge in [-0.2, -0.15) is 0 Å². The maximum atomic E-state index is 14.8. The molecule has 10 nitrogen and oxygen atoms in total. The summed E-state index contributed by atoms with van der Waals surface area (Å²) in [5.41, 5.74) is -4.01. The van der Waals surface area contributed by atoms with Crippen LogP contribution in [0, 0.1) is 11.8 Å². The van der Waals surface area contributed by atoms with Gasteiger partial charge in [0, 0.05) is 29.4 Å². The zero-order valence-electron chi connectivity index (χ0n) is 28.9. The summed E-state index contributed by atoms with van der Waals surface area (Å²) in [5, 5.41) is 32.7. The van der Waals surface area contributed by atoms with Crippen LogP contribution in [-0.2, 0) is 25.5 Å². The molecule has 4 bridgehead atoms. The highest BCUT2D eigenvalue weighted by Gasteiger charge is 2.81. The summed E-state index contributed by atoms with van der Waals surface area (Å²) in [6.45, 7) is 14.6. The Morgan fingerprint density at radius 3 is 2.48 bits per heavy atom. The fraction of sp³-hybridized carbons (Fsp3) is 0.553. The first-order valence-electron chi connectivity index (χ1n) is 16.6. The van der Waals surface area contributed by atoms with Crippen molar-refractivity contribution in [2.45, 2.75) is 122 Å². The van der Waals surface area contributed by atoms with Crippen LogP contribution in [0.4, 0.5) is 0 Å². The fourth-order valence-electron chi connectivity index (χ4n) is 8.33. The Labute approximate surface area is 281 Å². The molecule has 1 saturated carbocycles. The number of aliphatic hydroxyl groups excluding tert-OH is 1. The SMILES string of the molecule is CC(C)=CCc1c2c(c(O)c3c1O[C@]14C(=CC5CC1C(C)(C)O[C@]4(C/C=C(/C)OC=O)C5=O)C3=O)C=C[C@@](C)(CCC(O)C(C)(C)O)O2. The van der Waals surface area contributed by atoms with Crippen molar-refractivity contribution in [3.63, 3.8) is 0 Å². The lowest BCUT2D eigenvalue weighted by Crippen LogP contribution is -2.72. The highest BCUT2D eigenvalue weighted by Crippen LogP contribution is 2.68. The lowest BCUT2D eigenvalue weighted by atomic mass is 9.51. The summed E-state index contributed by atoms with van der Waals surface area (Å²) in [6.07, 6.45) is 9.15. The maximum Gasteiger partial charge on any atom is 0.298 e. The van der Waals surface area contributed by atoms with Gasteiger partial charge in [-0.05, 0) is 99.3 Å². The number of aromatic hydroxyl groups is 1. The molecule has 48 heavy (non-hydrogen) atoms. The molecular weight excluding hydrogens is 616 g/mol. The normalized spacial score (nSPS) is 31.5. The van der Waals surface area contributed by atoms with Crippen molar-refractivity contribution >= 4 is 24.1 Å². The quantitative estimate of drug-likeness (QED) is 0.168. The zero-order valence-corrected chi connectivity index (χ0v) is 28.9. The van der Waals surface area contributed by atoms with Crippen molar-refractivity contribution in [2.24, 2.45) is 11.8 Å². The molecule has 3 heterocycles. The predicted molar refractivity (Wildman–Crippen MR) is 177 cm³/mol. The molecule has 0 amide bonds. The topological polar surface area (TPSA) is 149 Å². The second-order valence-electron chi connectivity index (χ2n) is 15.5. The molecule has 3 N–H and O–H groups in total. The number of ether oxygens (including phenoxy) is 4. The van der Waals surface area contributed by atoms with Crippen LogP contribution in [0.3, 0.4) is 0 Å². The van der Waals surface area contributed by atoms with E-state index in [-0.39, 0.29) is 41.4 Å². The number of carbonyl (C=O) groups is 3. The average Bonchev–Trinajstić information content (AvgIpc) is 3.15. The minimum atomic E-state index is -1.60. The first-order chi connectivity index (χ1) is 22.3. The molecule has 0 radical (unpaired) electrons. The van der Waals surface area contributed by atoms with E-state index in [4.69, 9.17) is 18.9 Å². The number of phenols is 1. The standard InChI is InChI=1S/C38H46O10/c1-20(2)9-10-24-31-23(12-14-36(8,46-31)15-13-27(40)34(4,5)44)29(41)28-30(42)25-17-22-18-26-35(6,7)48-37(33(22)43,16-11-21(3)45-19-39)38(25,26)47-32(24)28/h9,11-12,14,17,19,22,26-27,40-41,44H,10,13,15-16,18H2,1-8H3/b21-11-/t22?,26?,27?,36-,37+,38+/m0/s1. The van der Waals surface area contributed by atoms with E-state index in [2.05, 4.69) is 0 Å². The van der Waals surface area contributed by atoms with Crippen molar-refractivity contribution < 1.29 is 48.7 Å². The Hall–Kier alpha value is -3.73. The first-order valence-corrected chi connectivity index (χ1v) is 16.6. The summed E-state index contributed by atoms with van der Waals surface area (Å²) in [4.78, 5) is 40.2. The highest BCUT2D eigenvalue weighted by atomic mass is 16.6. The minimum absolute atomic E-state index is 0.00293. The molecule has 3 unspecified atom stereocenters. The van der Waals surface area contributed by atoms with Crippen LogP contribution in [0.15, 0.2) is 41.2 Å². The number of carbonyl (C=O) groups excluding carboxylic acids is 3. The summed E-state index contributed by atoms with van der Waals surface area (Å²) in [7, 11) is 0. The molecule has 1 saturated heterocycles. The molecule has 6 atom stereocenters. The van der Waals surface area contributed by atoms with Gasteiger partial charge < -0.3 is 34.3 Å². The maximum absolute atomic E-state index is 14.8. The molecule has 3 aliphatic carbocycles. The zero-order chi connectivity index (χ0) is 35.2. The number of fused-ring (bicyclic) bond motifs is 2. The molecule has 10 heteroatoms. The van der Waals surface area contributed by atoms with Crippen molar-refractivity contribution in [3.8, 4) is 17.2 Å². The number of benzene rings is 1. The Morgan fingerprint density at radius 1 is 1.12 bits per heavy atom. The number of Topliss-reactive ketones (excluding diaryl/α,β-unsaturated/α-hetero) is 2. The van der Waals surface area contributed by atoms with Gasteiger partial charge in [0.25, 0.3) is 6.47 Å². The summed E-state index contributed by atoms with van der Waals surface area (Å²) in [6, 6.07) is 0.